The van der Waals surface area contributed by atoms with Crippen LogP contribution >= 0.6 is 0 Å². The fourth-order valence-corrected chi connectivity index (χ4v) is 3.81. The molecule has 2 aromatic carbocycles. The van der Waals surface area contributed by atoms with Crippen molar-refractivity contribution in [1.29, 1.82) is 5.26 Å². The Bertz CT molecular complexity index is 1300. The second-order valence-corrected chi connectivity index (χ2v) is 8.16. The summed E-state index contributed by atoms with van der Waals surface area (Å²) in [5.74, 6) is 1.25. The van der Waals surface area contributed by atoms with E-state index in [0.29, 0.717) is 49.8 Å². The quantitative estimate of drug-likeness (QED) is 0.339. The van der Waals surface area contributed by atoms with Gasteiger partial charge in [-0.2, -0.15) is 10.2 Å². The maximum atomic E-state index is 12.9. The number of nitrogens with zero attached hydrogens (tertiary/aromatic N) is 5. The highest BCUT2D eigenvalue weighted by Crippen LogP contribution is 2.25. The number of rotatable bonds is 8. The zero-order valence-corrected chi connectivity index (χ0v) is 19.8. The number of nitro groups is 1. The number of aromatic nitrogens is 1. The van der Waals surface area contributed by atoms with Crippen LogP contribution in [0.15, 0.2) is 52.9 Å². The number of benzene rings is 2. The van der Waals surface area contributed by atoms with Gasteiger partial charge in [-0.1, -0.05) is 19.1 Å². The van der Waals surface area contributed by atoms with Crippen LogP contribution in [0.1, 0.15) is 40.9 Å². The van der Waals surface area contributed by atoms with Gasteiger partial charge in [0, 0.05) is 50.0 Å². The number of anilines is 1. The van der Waals surface area contributed by atoms with Crippen LogP contribution in [0, 0.1) is 21.4 Å². The molecule has 0 radical (unpaired) electrons. The monoisotopic (exact) mass is 487 g/mol. The average molecular weight is 488 g/mol. The molecule has 0 aliphatic carbocycles. The van der Waals surface area contributed by atoms with Crippen LogP contribution in [-0.2, 0) is 0 Å². The smallest absolute Gasteiger partial charge is 0.270 e. The largest absolute Gasteiger partial charge is 0.494 e. The molecule has 1 fully saturated rings. The Labute approximate surface area is 208 Å². The maximum Gasteiger partial charge on any atom is 0.270 e. The van der Waals surface area contributed by atoms with Crippen molar-refractivity contribution in [2.45, 2.75) is 13.3 Å². The Hall–Kier alpha value is -4.65. The summed E-state index contributed by atoms with van der Waals surface area (Å²) in [6.07, 6.45) is 4.12. The standard InChI is InChI=1S/C26H25N5O5/c1-2-16-35-22-9-7-20(8-10-22)25(32)29-12-14-30(15-13-29)26-23(18-27)28-24(36-26)11-6-19-4-3-5-21(17-19)31(33)34/h3-11,17H,2,12-16H2,1H3/b11-6+. The summed E-state index contributed by atoms with van der Waals surface area (Å²) < 4.78 is 11.4. The molecule has 0 saturated carbocycles. The second-order valence-electron chi connectivity index (χ2n) is 8.16. The number of oxazole rings is 1. The molecule has 4 rings (SSSR count). The number of hydrogen-bond acceptors (Lipinski definition) is 8. The Balaban J connectivity index is 1.39. The van der Waals surface area contributed by atoms with Crippen LogP contribution in [0.25, 0.3) is 12.2 Å². The van der Waals surface area contributed by atoms with Gasteiger partial charge in [0.05, 0.1) is 11.5 Å². The second kappa shape index (κ2) is 11.2. The zero-order valence-electron chi connectivity index (χ0n) is 19.8. The van der Waals surface area contributed by atoms with E-state index < -0.39 is 4.92 Å². The predicted molar refractivity (Wildman–Crippen MR) is 134 cm³/mol. The van der Waals surface area contributed by atoms with Crippen LogP contribution < -0.4 is 9.64 Å². The molecule has 36 heavy (non-hydrogen) atoms. The number of hydrogen-bond donors (Lipinski definition) is 0. The number of ether oxygens (including phenoxy) is 1. The van der Waals surface area contributed by atoms with E-state index in [1.165, 1.54) is 12.1 Å². The lowest BCUT2D eigenvalue weighted by Crippen LogP contribution is -2.48. The number of non-ortho nitro benzene ring substituents is 1. The Morgan fingerprint density at radius 3 is 2.61 bits per heavy atom. The molecule has 0 bridgehead atoms. The first kappa shape index (κ1) is 24.5. The summed E-state index contributed by atoms with van der Waals surface area (Å²) in [4.78, 5) is 31.3. The third kappa shape index (κ3) is 5.70. The van der Waals surface area contributed by atoms with Gasteiger partial charge >= 0.3 is 0 Å². The number of amides is 1. The molecule has 0 unspecified atom stereocenters. The highest BCUT2D eigenvalue weighted by Gasteiger charge is 2.26. The van der Waals surface area contributed by atoms with Crippen LogP contribution in [0.4, 0.5) is 11.6 Å². The SMILES string of the molecule is CCCOc1ccc(C(=O)N2CCN(c3oc(/C=C/c4cccc([N+](=O)[O-])c4)nc3C#N)CC2)cc1. The molecule has 10 nitrogen and oxygen atoms in total. The highest BCUT2D eigenvalue weighted by molar-refractivity contribution is 5.94. The van der Waals surface area contributed by atoms with Gasteiger partial charge in [0.2, 0.25) is 17.5 Å². The lowest BCUT2D eigenvalue weighted by molar-refractivity contribution is -0.384. The van der Waals surface area contributed by atoms with Crippen molar-refractivity contribution in [1.82, 2.24) is 9.88 Å². The first-order valence-electron chi connectivity index (χ1n) is 11.6. The summed E-state index contributed by atoms with van der Waals surface area (Å²) in [6, 6.07) is 15.4. The van der Waals surface area contributed by atoms with E-state index >= 15 is 0 Å². The van der Waals surface area contributed by atoms with Crippen molar-refractivity contribution in [2.24, 2.45) is 0 Å². The maximum absolute atomic E-state index is 12.9. The fraction of sp³-hybridized carbons (Fsp3) is 0.269. The number of carbonyl (C=O) groups excluding carboxylic acids is 1. The first-order valence-corrected chi connectivity index (χ1v) is 11.6. The molecular weight excluding hydrogens is 462 g/mol. The van der Waals surface area contributed by atoms with Crippen molar-refractivity contribution in [3.63, 3.8) is 0 Å². The molecule has 1 amide bonds. The molecular formula is C26H25N5O5. The van der Waals surface area contributed by atoms with Gasteiger partial charge in [-0.25, -0.2) is 0 Å². The minimum Gasteiger partial charge on any atom is -0.494 e. The number of nitriles is 1. The average Bonchev–Trinajstić information content (AvgIpc) is 3.34. The summed E-state index contributed by atoms with van der Waals surface area (Å²) in [5, 5.41) is 20.5. The molecule has 1 aliphatic rings. The van der Waals surface area contributed by atoms with Crippen LogP contribution in [0.3, 0.4) is 0 Å². The molecule has 1 aliphatic heterocycles. The van der Waals surface area contributed by atoms with E-state index in [2.05, 4.69) is 11.1 Å². The lowest BCUT2D eigenvalue weighted by Gasteiger charge is -2.34. The molecule has 2 heterocycles. The molecule has 10 heteroatoms. The zero-order chi connectivity index (χ0) is 25.5. The van der Waals surface area contributed by atoms with E-state index in [1.54, 1.807) is 53.5 Å². The first-order chi connectivity index (χ1) is 17.5. The van der Waals surface area contributed by atoms with Gasteiger partial charge in [-0.3, -0.25) is 14.9 Å². The Morgan fingerprint density at radius 2 is 1.94 bits per heavy atom. The van der Waals surface area contributed by atoms with Crippen molar-refractivity contribution < 1.29 is 18.9 Å². The molecule has 1 saturated heterocycles. The minimum atomic E-state index is -0.462. The minimum absolute atomic E-state index is 0.0175. The topological polar surface area (TPSA) is 126 Å². The van der Waals surface area contributed by atoms with E-state index in [0.717, 1.165) is 12.2 Å². The number of nitro benzene ring substituents is 1. The third-order valence-corrected chi connectivity index (χ3v) is 5.66. The van der Waals surface area contributed by atoms with Gasteiger partial charge in [0.25, 0.3) is 11.6 Å². The molecule has 0 atom stereocenters. The van der Waals surface area contributed by atoms with Gasteiger partial charge in [0.15, 0.2) is 0 Å². The van der Waals surface area contributed by atoms with E-state index in [4.69, 9.17) is 9.15 Å². The number of piperazine rings is 1. The molecule has 0 spiro atoms. The van der Waals surface area contributed by atoms with Gasteiger partial charge in [0.1, 0.15) is 11.8 Å². The lowest BCUT2D eigenvalue weighted by atomic mass is 10.1. The van der Waals surface area contributed by atoms with Crippen LogP contribution in [0.2, 0.25) is 0 Å². The predicted octanol–water partition coefficient (Wildman–Crippen LogP) is 4.38. The Morgan fingerprint density at radius 1 is 1.19 bits per heavy atom. The van der Waals surface area contributed by atoms with Crippen molar-refractivity contribution in [2.75, 3.05) is 37.7 Å². The molecule has 0 N–H and O–H groups in total. The Kier molecular flexibility index (Phi) is 7.60. The van der Waals surface area contributed by atoms with Gasteiger partial charge in [-0.15, -0.1) is 0 Å². The fourth-order valence-electron chi connectivity index (χ4n) is 3.81. The van der Waals surface area contributed by atoms with Gasteiger partial charge < -0.3 is 19.0 Å². The van der Waals surface area contributed by atoms with E-state index in [-0.39, 0.29) is 23.2 Å². The summed E-state index contributed by atoms with van der Waals surface area (Å²) in [6.45, 7) is 4.58. The van der Waals surface area contributed by atoms with Crippen molar-refractivity contribution in [3.8, 4) is 11.8 Å². The summed E-state index contributed by atoms with van der Waals surface area (Å²) in [5.41, 5.74) is 1.34. The molecule has 3 aromatic rings. The van der Waals surface area contributed by atoms with Crippen LogP contribution in [0.5, 0.6) is 5.75 Å². The van der Waals surface area contributed by atoms with E-state index in [9.17, 15) is 20.2 Å². The van der Waals surface area contributed by atoms with E-state index in [1.807, 2.05) is 11.8 Å². The highest BCUT2D eigenvalue weighted by atomic mass is 16.6. The van der Waals surface area contributed by atoms with Gasteiger partial charge in [-0.05, 0) is 42.3 Å². The van der Waals surface area contributed by atoms with Crippen molar-refractivity contribution in [3.05, 3.63) is 81.4 Å². The normalized spacial score (nSPS) is 13.6. The molecule has 1 aromatic heterocycles. The van der Waals surface area contributed by atoms with Crippen molar-refractivity contribution >= 4 is 29.6 Å². The summed E-state index contributed by atoms with van der Waals surface area (Å²) >= 11 is 0. The molecule has 184 valence electrons. The number of carbonyl (C=O) groups is 1. The third-order valence-electron chi connectivity index (χ3n) is 5.66. The summed E-state index contributed by atoms with van der Waals surface area (Å²) in [7, 11) is 0. The van der Waals surface area contributed by atoms with Crippen LogP contribution in [-0.4, -0.2) is 53.5 Å².